The molecule has 0 spiro atoms. The zero-order chi connectivity index (χ0) is 15.9. The van der Waals surface area contributed by atoms with E-state index in [4.69, 9.17) is 0 Å². The fraction of sp³-hybridized carbons (Fsp3) is 0.600. The molecule has 2 rings (SSSR count). The number of hydrogen-bond acceptors (Lipinski definition) is 0. The first-order valence-electron chi connectivity index (χ1n) is 7.50. The van der Waals surface area contributed by atoms with E-state index in [-0.39, 0.29) is 49.4 Å². The summed E-state index contributed by atoms with van der Waals surface area (Å²) in [7, 11) is 0. The average molecular weight is 398 g/mol. The van der Waals surface area contributed by atoms with Crippen molar-refractivity contribution in [3.05, 3.63) is 45.6 Å². The van der Waals surface area contributed by atoms with Crippen LogP contribution in [0.2, 0.25) is 0 Å². The smallest absolute Gasteiger partial charge is 0.263 e. The fourth-order valence-electron chi connectivity index (χ4n) is 2.81. The summed E-state index contributed by atoms with van der Waals surface area (Å²) in [4.78, 5) is 0. The molecule has 0 bridgehead atoms. The van der Waals surface area contributed by atoms with Crippen molar-refractivity contribution in [1.29, 1.82) is 0 Å². The third kappa shape index (κ3) is 5.07. The molecule has 0 aromatic heterocycles. The molecule has 0 unspecified atom stereocenters. The van der Waals surface area contributed by atoms with Crippen molar-refractivity contribution in [1.82, 2.24) is 0 Å². The SMILES string of the molecule is CC1=[C-]C(C)(C)C(C)=C1C.CC1=[C-]C(C)(C)C(C)=C1C.Cl.[Zr+2]. The molecule has 0 radical (unpaired) electrons. The van der Waals surface area contributed by atoms with Gasteiger partial charge in [0.25, 0.3) is 0 Å². The average Bonchev–Trinajstić information content (AvgIpc) is 2.60. The Labute approximate surface area is 163 Å². The Morgan fingerprint density at radius 2 is 0.818 bits per heavy atom. The second kappa shape index (κ2) is 8.30. The van der Waals surface area contributed by atoms with Crippen molar-refractivity contribution in [2.45, 2.75) is 69.2 Å². The van der Waals surface area contributed by atoms with Gasteiger partial charge >= 0.3 is 26.2 Å². The minimum atomic E-state index is 0. The number of halogens is 1. The molecule has 0 aromatic rings. The predicted octanol–water partition coefficient (Wildman–Crippen LogP) is 6.64. The zero-order valence-corrected chi connectivity index (χ0v) is 19.2. The van der Waals surface area contributed by atoms with E-state index >= 15 is 0 Å². The Hall–Kier alpha value is 0.133. The number of allylic oxidation sites excluding steroid dienone is 8. The summed E-state index contributed by atoms with van der Waals surface area (Å²) in [5, 5.41) is 0. The molecule has 0 aliphatic heterocycles. The summed E-state index contributed by atoms with van der Waals surface area (Å²) >= 11 is 0. The molecule has 2 aliphatic carbocycles. The largest absolute Gasteiger partial charge is 2.00 e. The molecule has 0 aromatic carbocycles. The first-order valence-corrected chi connectivity index (χ1v) is 7.50. The molecule has 0 saturated heterocycles. The van der Waals surface area contributed by atoms with Gasteiger partial charge in [-0.3, -0.25) is 12.2 Å². The van der Waals surface area contributed by atoms with Crippen molar-refractivity contribution in [3.8, 4) is 0 Å². The molecule has 2 heteroatoms. The molecule has 0 atom stereocenters. The molecule has 2 aliphatic rings. The van der Waals surface area contributed by atoms with Gasteiger partial charge in [0.1, 0.15) is 0 Å². The van der Waals surface area contributed by atoms with Crippen molar-refractivity contribution in [3.63, 3.8) is 0 Å². The predicted molar refractivity (Wildman–Crippen MR) is 96.4 cm³/mol. The maximum absolute atomic E-state index is 3.44. The van der Waals surface area contributed by atoms with Crippen LogP contribution in [0.5, 0.6) is 0 Å². The van der Waals surface area contributed by atoms with E-state index in [0.29, 0.717) is 0 Å². The molecule has 0 nitrogen and oxygen atoms in total. The van der Waals surface area contributed by atoms with Crippen LogP contribution in [0.4, 0.5) is 0 Å². The van der Waals surface area contributed by atoms with Gasteiger partial charge in [-0.05, 0) is 0 Å². The van der Waals surface area contributed by atoms with Crippen molar-refractivity contribution in [2.24, 2.45) is 10.8 Å². The zero-order valence-electron chi connectivity index (χ0n) is 15.9. The Kier molecular flexibility index (Phi) is 9.20. The van der Waals surface area contributed by atoms with Gasteiger partial charge in [-0.1, -0.05) is 66.2 Å². The third-order valence-electron chi connectivity index (χ3n) is 5.12. The molecule has 0 saturated carbocycles. The Morgan fingerprint density at radius 1 is 0.591 bits per heavy atom. The second-order valence-electron chi connectivity index (χ2n) is 7.25. The number of hydrogen-bond donors (Lipinski definition) is 0. The van der Waals surface area contributed by atoms with Crippen LogP contribution < -0.4 is 0 Å². The van der Waals surface area contributed by atoms with E-state index in [1.807, 2.05) is 0 Å². The molecular weight excluding hydrogens is 367 g/mol. The standard InChI is InChI=1S/2C10H15.ClH.Zr/c2*1-7-6-10(4,5)9(3)8(7)2;;/h2*1-5H3;1H;/q2*-1;;+2. The molecule has 0 fully saturated rings. The Bertz CT molecular complexity index is 490. The Balaban J connectivity index is 0. The minimum Gasteiger partial charge on any atom is -0.263 e. The van der Waals surface area contributed by atoms with Gasteiger partial charge in [0.05, 0.1) is 0 Å². The van der Waals surface area contributed by atoms with E-state index in [2.05, 4.69) is 81.4 Å². The van der Waals surface area contributed by atoms with E-state index in [1.165, 1.54) is 33.4 Å². The second-order valence-corrected chi connectivity index (χ2v) is 7.25. The molecule has 122 valence electrons. The molecular formula is C20H31ClZr. The van der Waals surface area contributed by atoms with E-state index in [1.54, 1.807) is 0 Å². The maximum Gasteiger partial charge on any atom is 2.00 e. The monoisotopic (exact) mass is 396 g/mol. The van der Waals surface area contributed by atoms with Gasteiger partial charge in [-0.25, -0.2) is 11.1 Å². The van der Waals surface area contributed by atoms with Crippen LogP contribution in [0, 0.1) is 23.0 Å². The van der Waals surface area contributed by atoms with E-state index in [9.17, 15) is 0 Å². The molecule has 0 amide bonds. The summed E-state index contributed by atoms with van der Waals surface area (Å²) in [6, 6.07) is 0. The first kappa shape index (κ1) is 24.4. The van der Waals surface area contributed by atoms with E-state index in [0.717, 1.165) is 0 Å². The van der Waals surface area contributed by atoms with Gasteiger partial charge < -0.3 is 0 Å². The van der Waals surface area contributed by atoms with Crippen molar-refractivity contribution < 1.29 is 26.2 Å². The van der Waals surface area contributed by atoms with Crippen LogP contribution in [-0.4, -0.2) is 0 Å². The van der Waals surface area contributed by atoms with Crippen LogP contribution in [0.3, 0.4) is 0 Å². The van der Waals surface area contributed by atoms with Crippen molar-refractivity contribution in [2.75, 3.05) is 0 Å². The molecule has 0 heterocycles. The van der Waals surface area contributed by atoms with Crippen LogP contribution in [-0.2, 0) is 26.2 Å². The van der Waals surface area contributed by atoms with Gasteiger partial charge in [-0.15, -0.1) is 26.3 Å². The van der Waals surface area contributed by atoms with Gasteiger partial charge in [-0.2, -0.15) is 22.3 Å². The summed E-state index contributed by atoms with van der Waals surface area (Å²) in [5.41, 5.74) is 8.79. The maximum atomic E-state index is 3.44. The quantitative estimate of drug-likeness (QED) is 0.401. The van der Waals surface area contributed by atoms with Gasteiger partial charge in [0.15, 0.2) is 0 Å². The van der Waals surface area contributed by atoms with Crippen LogP contribution >= 0.6 is 12.4 Å². The van der Waals surface area contributed by atoms with E-state index < -0.39 is 0 Å². The molecule has 22 heavy (non-hydrogen) atoms. The first-order chi connectivity index (χ1) is 8.90. The van der Waals surface area contributed by atoms with Crippen LogP contribution in [0.15, 0.2) is 33.4 Å². The van der Waals surface area contributed by atoms with Crippen LogP contribution in [0.1, 0.15) is 69.2 Å². The number of rotatable bonds is 0. The third-order valence-corrected chi connectivity index (χ3v) is 5.12. The van der Waals surface area contributed by atoms with Gasteiger partial charge in [0.2, 0.25) is 0 Å². The van der Waals surface area contributed by atoms with Crippen molar-refractivity contribution >= 4 is 12.4 Å². The normalized spacial score (nSPS) is 21.4. The minimum absolute atomic E-state index is 0. The summed E-state index contributed by atoms with van der Waals surface area (Å²) in [6.07, 6.45) is 6.87. The summed E-state index contributed by atoms with van der Waals surface area (Å²) in [5.74, 6) is 0. The Morgan fingerprint density at radius 3 is 0.864 bits per heavy atom. The van der Waals surface area contributed by atoms with Crippen LogP contribution in [0.25, 0.3) is 0 Å². The summed E-state index contributed by atoms with van der Waals surface area (Å²) < 4.78 is 0. The summed E-state index contributed by atoms with van der Waals surface area (Å²) in [6.45, 7) is 21.8. The van der Waals surface area contributed by atoms with Gasteiger partial charge in [0, 0.05) is 0 Å². The topological polar surface area (TPSA) is 0 Å². The fourth-order valence-corrected chi connectivity index (χ4v) is 2.81. The molecule has 0 N–H and O–H groups in total.